The lowest BCUT2D eigenvalue weighted by Crippen LogP contribution is -2.08. The highest BCUT2D eigenvalue weighted by molar-refractivity contribution is 6.31. The van der Waals surface area contributed by atoms with Crippen molar-refractivity contribution in [1.29, 1.82) is 0 Å². The van der Waals surface area contributed by atoms with E-state index in [2.05, 4.69) is 9.97 Å². The molecule has 1 aromatic heterocycles. The summed E-state index contributed by atoms with van der Waals surface area (Å²) in [6, 6.07) is 3.09. The monoisotopic (exact) mass is 311 g/mol. The van der Waals surface area contributed by atoms with Gasteiger partial charge in [-0.05, 0) is 6.07 Å². The van der Waals surface area contributed by atoms with E-state index in [-0.39, 0.29) is 16.7 Å². The van der Waals surface area contributed by atoms with Crippen molar-refractivity contribution in [3.05, 3.63) is 55.6 Å². The van der Waals surface area contributed by atoms with Crippen LogP contribution < -0.4 is 10.3 Å². The first-order chi connectivity index (χ1) is 9.90. The molecule has 10 heteroatoms. The summed E-state index contributed by atoms with van der Waals surface area (Å²) in [5.41, 5.74) is -1.78. The fraction of sp³-hybridized carbons (Fsp3) is 0. The van der Waals surface area contributed by atoms with E-state index in [1.807, 2.05) is 0 Å². The number of aromatic nitrogens is 2. The second-order valence-corrected chi connectivity index (χ2v) is 4.07. The van der Waals surface area contributed by atoms with Gasteiger partial charge in [0.05, 0.1) is 11.3 Å². The summed E-state index contributed by atoms with van der Waals surface area (Å²) < 4.78 is 5.17. The molecule has 0 saturated carbocycles. The fourth-order valence-electron chi connectivity index (χ4n) is 1.46. The summed E-state index contributed by atoms with van der Waals surface area (Å²) in [7, 11) is 0. The summed E-state index contributed by atoms with van der Waals surface area (Å²) in [6.07, 6.45) is 1.05. The Labute approximate surface area is 120 Å². The highest BCUT2D eigenvalue weighted by Gasteiger charge is 2.21. The van der Waals surface area contributed by atoms with Gasteiger partial charge in [-0.1, -0.05) is 11.6 Å². The number of aromatic carboxylic acids is 1. The zero-order chi connectivity index (χ0) is 15.6. The molecule has 108 valence electrons. The largest absolute Gasteiger partial charge is 0.477 e. The molecule has 0 aliphatic heterocycles. The van der Waals surface area contributed by atoms with Crippen LogP contribution in [0, 0.1) is 10.1 Å². The number of nitro benzene ring substituents is 1. The van der Waals surface area contributed by atoms with Crippen LogP contribution in [0.1, 0.15) is 10.4 Å². The summed E-state index contributed by atoms with van der Waals surface area (Å²) in [4.78, 5) is 38.0. The van der Waals surface area contributed by atoms with E-state index in [1.54, 1.807) is 0 Å². The molecule has 0 radical (unpaired) electrons. The first-order valence-electron chi connectivity index (χ1n) is 5.33. The van der Waals surface area contributed by atoms with E-state index in [4.69, 9.17) is 21.4 Å². The van der Waals surface area contributed by atoms with Crippen LogP contribution in [0.3, 0.4) is 0 Å². The maximum Gasteiger partial charge on any atom is 0.342 e. The molecule has 0 aliphatic carbocycles. The molecule has 0 unspecified atom stereocenters. The van der Waals surface area contributed by atoms with Crippen molar-refractivity contribution < 1.29 is 19.6 Å². The maximum absolute atomic E-state index is 11.3. The van der Waals surface area contributed by atoms with Crippen LogP contribution in [-0.2, 0) is 0 Å². The Bertz CT molecular complexity index is 788. The molecule has 1 aromatic carbocycles. The predicted molar refractivity (Wildman–Crippen MR) is 70.0 cm³/mol. The van der Waals surface area contributed by atoms with Crippen molar-refractivity contribution >= 4 is 23.3 Å². The Balaban J connectivity index is 2.44. The first-order valence-corrected chi connectivity index (χ1v) is 5.70. The molecular weight excluding hydrogens is 306 g/mol. The Kier molecular flexibility index (Phi) is 3.85. The summed E-state index contributed by atoms with van der Waals surface area (Å²) in [5.74, 6) is -1.79. The molecule has 0 fully saturated rings. The van der Waals surface area contributed by atoms with Crippen LogP contribution in [0.4, 0.5) is 5.69 Å². The van der Waals surface area contributed by atoms with Gasteiger partial charge in [0.25, 0.3) is 11.2 Å². The number of carboxylic acid groups (broad SMARTS) is 1. The molecule has 0 aliphatic rings. The number of hydrogen-bond acceptors (Lipinski definition) is 6. The number of rotatable bonds is 4. The van der Waals surface area contributed by atoms with Crippen LogP contribution in [-0.4, -0.2) is 26.0 Å². The van der Waals surface area contributed by atoms with Gasteiger partial charge in [0.1, 0.15) is 11.3 Å². The van der Waals surface area contributed by atoms with Crippen molar-refractivity contribution in [3.8, 4) is 11.6 Å². The SMILES string of the molecule is O=C(O)c1cc(Oc2nc[nH]c(=O)c2Cl)ccc1[N+](=O)[O-]. The minimum Gasteiger partial charge on any atom is -0.477 e. The Morgan fingerprint density at radius 2 is 2.19 bits per heavy atom. The van der Waals surface area contributed by atoms with Gasteiger partial charge in [-0.25, -0.2) is 9.78 Å². The summed E-state index contributed by atoms with van der Waals surface area (Å²) in [5, 5.41) is 19.3. The number of nitro groups is 1. The van der Waals surface area contributed by atoms with Gasteiger partial charge in [0, 0.05) is 12.1 Å². The minimum atomic E-state index is -1.49. The smallest absolute Gasteiger partial charge is 0.342 e. The van der Waals surface area contributed by atoms with Crippen LogP contribution in [0.2, 0.25) is 5.02 Å². The molecule has 0 bridgehead atoms. The third-order valence-corrected chi connectivity index (χ3v) is 2.71. The van der Waals surface area contributed by atoms with E-state index in [0.29, 0.717) is 0 Å². The molecule has 1 heterocycles. The molecule has 2 N–H and O–H groups in total. The standard InChI is InChI=1S/C11H6ClN3O6/c12-8-9(16)13-4-14-10(8)21-5-1-2-7(15(19)20)6(3-5)11(17)18/h1-4H,(H,17,18)(H,13,14,16). The zero-order valence-corrected chi connectivity index (χ0v) is 10.8. The average molecular weight is 312 g/mol. The predicted octanol–water partition coefficient (Wildman–Crippen LogP) is 1.82. The fourth-order valence-corrected chi connectivity index (χ4v) is 1.60. The number of halogens is 1. The number of nitrogens with one attached hydrogen (secondary N) is 1. The average Bonchev–Trinajstić information content (AvgIpc) is 2.43. The number of hydrogen-bond donors (Lipinski definition) is 2. The van der Waals surface area contributed by atoms with Crippen LogP contribution in [0.5, 0.6) is 11.6 Å². The lowest BCUT2D eigenvalue weighted by atomic mass is 10.1. The Hall–Kier alpha value is -2.94. The quantitative estimate of drug-likeness (QED) is 0.649. The Morgan fingerprint density at radius 1 is 1.48 bits per heavy atom. The summed E-state index contributed by atoms with van der Waals surface area (Å²) >= 11 is 5.67. The van der Waals surface area contributed by atoms with E-state index in [0.717, 1.165) is 18.5 Å². The number of benzene rings is 1. The first kappa shape index (κ1) is 14.5. The van der Waals surface area contributed by atoms with Gasteiger partial charge >= 0.3 is 5.97 Å². The van der Waals surface area contributed by atoms with Crippen LogP contribution in [0.25, 0.3) is 0 Å². The van der Waals surface area contributed by atoms with Crippen molar-refractivity contribution in [2.24, 2.45) is 0 Å². The third-order valence-electron chi connectivity index (χ3n) is 2.37. The number of ether oxygens (including phenoxy) is 1. The molecule has 2 rings (SSSR count). The lowest BCUT2D eigenvalue weighted by Gasteiger charge is -2.06. The van der Waals surface area contributed by atoms with Gasteiger partial charge < -0.3 is 14.8 Å². The van der Waals surface area contributed by atoms with E-state index in [1.165, 1.54) is 6.07 Å². The van der Waals surface area contributed by atoms with Crippen LogP contribution in [0.15, 0.2) is 29.3 Å². The van der Waals surface area contributed by atoms with Crippen molar-refractivity contribution in [2.75, 3.05) is 0 Å². The molecule has 0 atom stereocenters. The van der Waals surface area contributed by atoms with Gasteiger partial charge in [-0.3, -0.25) is 14.9 Å². The molecule has 0 saturated heterocycles. The summed E-state index contributed by atoms with van der Waals surface area (Å²) in [6.45, 7) is 0. The van der Waals surface area contributed by atoms with Crippen molar-refractivity contribution in [2.45, 2.75) is 0 Å². The Morgan fingerprint density at radius 3 is 2.81 bits per heavy atom. The second-order valence-electron chi connectivity index (χ2n) is 3.69. The van der Waals surface area contributed by atoms with E-state index < -0.39 is 27.7 Å². The van der Waals surface area contributed by atoms with E-state index in [9.17, 15) is 19.7 Å². The van der Waals surface area contributed by atoms with E-state index >= 15 is 0 Å². The number of nitrogens with zero attached hydrogens (tertiary/aromatic N) is 2. The highest BCUT2D eigenvalue weighted by atomic mass is 35.5. The van der Waals surface area contributed by atoms with Crippen molar-refractivity contribution in [3.63, 3.8) is 0 Å². The molecule has 2 aromatic rings. The van der Waals surface area contributed by atoms with Crippen LogP contribution >= 0.6 is 11.6 Å². The maximum atomic E-state index is 11.3. The van der Waals surface area contributed by atoms with Gasteiger partial charge in [-0.15, -0.1) is 0 Å². The van der Waals surface area contributed by atoms with Gasteiger partial charge in [0.2, 0.25) is 5.88 Å². The molecule has 21 heavy (non-hydrogen) atoms. The van der Waals surface area contributed by atoms with Gasteiger partial charge in [-0.2, -0.15) is 0 Å². The number of carbonyl (C=O) groups is 1. The lowest BCUT2D eigenvalue weighted by molar-refractivity contribution is -0.385. The minimum absolute atomic E-state index is 0.0574. The third kappa shape index (κ3) is 2.98. The highest BCUT2D eigenvalue weighted by Crippen LogP contribution is 2.28. The molecule has 0 amide bonds. The molecular formula is C11H6ClN3O6. The zero-order valence-electron chi connectivity index (χ0n) is 10.1. The topological polar surface area (TPSA) is 135 Å². The number of aromatic amines is 1. The number of H-pyrrole nitrogens is 1. The van der Waals surface area contributed by atoms with Gasteiger partial charge in [0.15, 0.2) is 5.02 Å². The number of carboxylic acids is 1. The second kappa shape index (κ2) is 5.59. The normalized spacial score (nSPS) is 10.1. The molecule has 0 spiro atoms. The van der Waals surface area contributed by atoms with Crippen molar-refractivity contribution in [1.82, 2.24) is 9.97 Å². The molecule has 9 nitrogen and oxygen atoms in total.